The van der Waals surface area contributed by atoms with Gasteiger partial charge < -0.3 is 0 Å². The zero-order valence-electron chi connectivity index (χ0n) is 5.77. The van der Waals surface area contributed by atoms with Gasteiger partial charge in [-0.3, -0.25) is 0 Å². The molecule has 0 atom stereocenters. The molecule has 11 heavy (non-hydrogen) atoms. The highest BCUT2D eigenvalue weighted by atomic mass is 79.9. The number of benzene rings is 1. The second kappa shape index (κ2) is 2.65. The van der Waals surface area contributed by atoms with Crippen molar-refractivity contribution >= 4 is 33.6 Å². The molecule has 0 fully saturated rings. The summed E-state index contributed by atoms with van der Waals surface area (Å²) in [6.45, 7) is 0. The Bertz CT molecular complexity index is 329. The molecule has 0 spiro atoms. The van der Waals surface area contributed by atoms with Gasteiger partial charge in [0.2, 0.25) is 0 Å². The van der Waals surface area contributed by atoms with E-state index >= 15 is 0 Å². The Morgan fingerprint density at radius 1 is 1.36 bits per heavy atom. The lowest BCUT2D eigenvalue weighted by Crippen LogP contribution is -1.82. The second-order valence-corrected chi connectivity index (χ2v) is 3.88. The lowest BCUT2D eigenvalue weighted by molar-refractivity contribution is 1.31. The van der Waals surface area contributed by atoms with E-state index in [4.69, 9.17) is 11.6 Å². The molecular weight excluding hydrogens is 223 g/mol. The van der Waals surface area contributed by atoms with Gasteiger partial charge in [0.1, 0.15) is 0 Å². The summed E-state index contributed by atoms with van der Waals surface area (Å²) < 4.78 is 1.05. The van der Waals surface area contributed by atoms with Crippen molar-refractivity contribution in [2.45, 2.75) is 6.42 Å². The number of fused-ring (bicyclic) bond motifs is 1. The predicted octanol–water partition coefficient (Wildman–Crippen LogP) is 3.67. The molecule has 1 aliphatic carbocycles. The molecular formula is C9H6BrCl. The lowest BCUT2D eigenvalue weighted by Gasteiger charge is -2.01. The predicted molar refractivity (Wildman–Crippen MR) is 51.9 cm³/mol. The third-order valence-corrected chi connectivity index (χ3v) is 2.61. The maximum atomic E-state index is 6.00. The smallest absolute Gasteiger partial charge is 0.0458 e. The van der Waals surface area contributed by atoms with Crippen LogP contribution in [-0.4, -0.2) is 0 Å². The monoisotopic (exact) mass is 228 g/mol. The van der Waals surface area contributed by atoms with Gasteiger partial charge >= 0.3 is 0 Å². The number of halogens is 2. The zero-order valence-corrected chi connectivity index (χ0v) is 8.11. The quantitative estimate of drug-likeness (QED) is 0.637. The van der Waals surface area contributed by atoms with Crippen LogP contribution in [0.15, 0.2) is 22.7 Å². The van der Waals surface area contributed by atoms with E-state index in [0.29, 0.717) is 0 Å². The van der Waals surface area contributed by atoms with Gasteiger partial charge in [0, 0.05) is 9.50 Å². The molecule has 0 bridgehead atoms. The van der Waals surface area contributed by atoms with Crippen molar-refractivity contribution < 1.29 is 0 Å². The van der Waals surface area contributed by atoms with Crippen LogP contribution in [0.1, 0.15) is 11.1 Å². The molecule has 2 rings (SSSR count). The molecule has 0 heterocycles. The average Bonchev–Trinajstić information content (AvgIpc) is 2.34. The first-order valence-corrected chi connectivity index (χ1v) is 4.59. The van der Waals surface area contributed by atoms with Gasteiger partial charge in [0.05, 0.1) is 0 Å². The van der Waals surface area contributed by atoms with Gasteiger partial charge in [-0.25, -0.2) is 0 Å². The first-order chi connectivity index (χ1) is 5.27. The van der Waals surface area contributed by atoms with E-state index in [1.54, 1.807) is 0 Å². The topological polar surface area (TPSA) is 0 Å². The molecule has 56 valence electrons. The Hall–Kier alpha value is -0.270. The second-order valence-electron chi connectivity index (χ2n) is 2.56. The van der Waals surface area contributed by atoms with E-state index in [9.17, 15) is 0 Å². The van der Waals surface area contributed by atoms with Gasteiger partial charge in [-0.2, -0.15) is 0 Å². The largest absolute Gasteiger partial charge is 0.0840 e. The molecule has 0 aromatic heterocycles. The summed E-state index contributed by atoms with van der Waals surface area (Å²) in [7, 11) is 0. The number of allylic oxidation sites excluding steroid dienone is 1. The molecule has 0 unspecified atom stereocenters. The molecule has 0 amide bonds. The van der Waals surface area contributed by atoms with Crippen LogP contribution >= 0.6 is 27.5 Å². The highest BCUT2D eigenvalue weighted by Gasteiger charge is 2.09. The molecule has 1 aromatic rings. The molecule has 1 aliphatic rings. The molecule has 0 aliphatic heterocycles. The minimum absolute atomic E-state index is 0.861. The molecule has 0 saturated carbocycles. The van der Waals surface area contributed by atoms with Crippen molar-refractivity contribution in [2.75, 3.05) is 0 Å². The van der Waals surface area contributed by atoms with E-state index in [1.165, 1.54) is 11.1 Å². The van der Waals surface area contributed by atoms with Crippen molar-refractivity contribution in [1.29, 1.82) is 0 Å². The van der Waals surface area contributed by atoms with Gasteiger partial charge in [0.15, 0.2) is 0 Å². The van der Waals surface area contributed by atoms with Crippen molar-refractivity contribution in [1.82, 2.24) is 0 Å². The summed E-state index contributed by atoms with van der Waals surface area (Å²) >= 11 is 9.40. The normalized spacial score (nSPS) is 13.6. The summed E-state index contributed by atoms with van der Waals surface area (Å²) in [5.41, 5.74) is 2.49. The van der Waals surface area contributed by atoms with E-state index in [2.05, 4.69) is 34.1 Å². The Labute approximate surface area is 79.0 Å². The Morgan fingerprint density at radius 3 is 3.00 bits per heavy atom. The number of hydrogen-bond acceptors (Lipinski definition) is 0. The third kappa shape index (κ3) is 1.23. The van der Waals surface area contributed by atoms with Gasteiger partial charge in [0.25, 0.3) is 0 Å². The Kier molecular flexibility index (Phi) is 1.78. The summed E-state index contributed by atoms with van der Waals surface area (Å²) in [6.07, 6.45) is 5.20. The summed E-state index contributed by atoms with van der Waals surface area (Å²) in [6, 6.07) is 4.03. The van der Waals surface area contributed by atoms with Crippen LogP contribution in [0, 0.1) is 0 Å². The lowest BCUT2D eigenvalue weighted by atomic mass is 10.1. The minimum atomic E-state index is 0.861. The van der Waals surface area contributed by atoms with Crippen LogP contribution in [0.25, 0.3) is 6.08 Å². The van der Waals surface area contributed by atoms with E-state index < -0.39 is 0 Å². The number of rotatable bonds is 0. The van der Waals surface area contributed by atoms with E-state index in [0.717, 1.165) is 15.9 Å². The molecule has 0 N–H and O–H groups in total. The van der Waals surface area contributed by atoms with Gasteiger partial charge in [-0.1, -0.05) is 39.7 Å². The first kappa shape index (κ1) is 7.38. The molecule has 1 aromatic carbocycles. The summed E-state index contributed by atoms with van der Waals surface area (Å²) in [4.78, 5) is 0. The summed E-state index contributed by atoms with van der Waals surface area (Å²) in [5.74, 6) is 0. The SMILES string of the molecule is Clc1cc(Br)cc2c1CC=C2. The Balaban J connectivity index is 2.66. The fourth-order valence-electron chi connectivity index (χ4n) is 1.29. The van der Waals surface area contributed by atoms with E-state index in [1.807, 2.05) is 6.07 Å². The third-order valence-electron chi connectivity index (χ3n) is 1.81. The van der Waals surface area contributed by atoms with Gasteiger partial charge in [-0.05, 0) is 29.7 Å². The Morgan fingerprint density at radius 2 is 2.18 bits per heavy atom. The fourth-order valence-corrected chi connectivity index (χ4v) is 2.20. The molecule has 0 saturated heterocycles. The standard InChI is InChI=1S/C9H6BrCl/c10-7-4-6-2-1-3-8(6)9(11)5-7/h1-2,4-5H,3H2. The van der Waals surface area contributed by atoms with Crippen molar-refractivity contribution in [3.8, 4) is 0 Å². The molecule has 0 nitrogen and oxygen atoms in total. The van der Waals surface area contributed by atoms with Crippen LogP contribution in [0.3, 0.4) is 0 Å². The van der Waals surface area contributed by atoms with Crippen LogP contribution < -0.4 is 0 Å². The van der Waals surface area contributed by atoms with Crippen LogP contribution in [0.5, 0.6) is 0 Å². The van der Waals surface area contributed by atoms with Crippen molar-refractivity contribution in [2.24, 2.45) is 0 Å². The number of hydrogen-bond donors (Lipinski definition) is 0. The van der Waals surface area contributed by atoms with Crippen LogP contribution in [0.4, 0.5) is 0 Å². The highest BCUT2D eigenvalue weighted by molar-refractivity contribution is 9.10. The highest BCUT2D eigenvalue weighted by Crippen LogP contribution is 2.30. The molecule has 2 heteroatoms. The maximum absolute atomic E-state index is 6.00. The summed E-state index contributed by atoms with van der Waals surface area (Å²) in [5, 5.41) is 0.861. The van der Waals surface area contributed by atoms with Gasteiger partial charge in [-0.15, -0.1) is 0 Å². The minimum Gasteiger partial charge on any atom is -0.0840 e. The molecule has 0 radical (unpaired) electrons. The maximum Gasteiger partial charge on any atom is 0.0458 e. The van der Waals surface area contributed by atoms with Crippen molar-refractivity contribution in [3.63, 3.8) is 0 Å². The van der Waals surface area contributed by atoms with Crippen LogP contribution in [-0.2, 0) is 6.42 Å². The van der Waals surface area contributed by atoms with Crippen LogP contribution in [0.2, 0.25) is 5.02 Å². The zero-order chi connectivity index (χ0) is 7.84. The van der Waals surface area contributed by atoms with Crippen molar-refractivity contribution in [3.05, 3.63) is 38.8 Å². The fraction of sp³-hybridized carbons (Fsp3) is 0.111. The first-order valence-electron chi connectivity index (χ1n) is 3.42. The van der Waals surface area contributed by atoms with E-state index in [-0.39, 0.29) is 0 Å². The average molecular weight is 230 g/mol.